The number of carbonyl (C=O) groups excluding carboxylic acids is 2. The van der Waals surface area contributed by atoms with Crippen LogP contribution in [-0.4, -0.2) is 47.0 Å². The predicted molar refractivity (Wildman–Crippen MR) is 68.2 cm³/mol. The van der Waals surface area contributed by atoms with Gasteiger partial charge in [0.15, 0.2) is 0 Å². The molecule has 0 radical (unpaired) electrons. The van der Waals surface area contributed by atoms with Crippen LogP contribution in [0.2, 0.25) is 0 Å². The number of hydrogen-bond donors (Lipinski definition) is 5. The van der Waals surface area contributed by atoms with E-state index in [1.54, 1.807) is 13.8 Å². The Bertz CT molecular complexity index is 289. The SMILES string of the molecule is CC(C)C(NC(=O)[C@H](C)NC(=O)[C@H](C)N)B(O)O. The second kappa shape index (κ2) is 7.35. The minimum absolute atomic E-state index is 0.148. The lowest BCUT2D eigenvalue weighted by Gasteiger charge is -2.24. The van der Waals surface area contributed by atoms with Gasteiger partial charge in [-0.05, 0) is 19.8 Å². The molecule has 104 valence electrons. The molecule has 0 aromatic rings. The highest BCUT2D eigenvalue weighted by Gasteiger charge is 2.30. The van der Waals surface area contributed by atoms with Crippen LogP contribution >= 0.6 is 0 Å². The number of carbonyl (C=O) groups is 2. The molecule has 0 fully saturated rings. The highest BCUT2D eigenvalue weighted by molar-refractivity contribution is 6.43. The lowest BCUT2D eigenvalue weighted by atomic mass is 9.73. The average molecular weight is 259 g/mol. The molecule has 0 aromatic carbocycles. The van der Waals surface area contributed by atoms with Crippen molar-refractivity contribution in [3.63, 3.8) is 0 Å². The molecule has 0 bridgehead atoms. The summed E-state index contributed by atoms with van der Waals surface area (Å²) in [6.45, 7) is 6.50. The van der Waals surface area contributed by atoms with E-state index in [2.05, 4.69) is 10.6 Å². The molecule has 0 aromatic heterocycles. The van der Waals surface area contributed by atoms with E-state index in [4.69, 9.17) is 15.8 Å². The van der Waals surface area contributed by atoms with Crippen molar-refractivity contribution in [2.45, 2.75) is 45.7 Å². The van der Waals surface area contributed by atoms with Crippen molar-refractivity contribution in [3.05, 3.63) is 0 Å². The first kappa shape index (κ1) is 16.9. The molecule has 7 nitrogen and oxygen atoms in total. The Morgan fingerprint density at radius 1 is 1.06 bits per heavy atom. The molecule has 0 spiro atoms. The van der Waals surface area contributed by atoms with Gasteiger partial charge >= 0.3 is 7.12 Å². The third-order valence-corrected chi connectivity index (χ3v) is 2.51. The summed E-state index contributed by atoms with van der Waals surface area (Å²) >= 11 is 0. The average Bonchev–Trinajstić information content (AvgIpc) is 2.23. The first-order valence-electron chi connectivity index (χ1n) is 5.89. The summed E-state index contributed by atoms with van der Waals surface area (Å²) < 4.78 is 0. The molecule has 0 saturated carbocycles. The number of nitrogens with one attached hydrogen (secondary N) is 2. The van der Waals surface area contributed by atoms with Gasteiger partial charge in [0, 0.05) is 0 Å². The molecule has 0 aliphatic carbocycles. The summed E-state index contributed by atoms with van der Waals surface area (Å²) in [6.07, 6.45) is 0. The molecule has 0 aliphatic heterocycles. The van der Waals surface area contributed by atoms with Crippen molar-refractivity contribution < 1.29 is 19.6 Å². The summed E-state index contributed by atoms with van der Waals surface area (Å²) in [7, 11) is -1.65. The normalized spacial score (nSPS) is 15.8. The van der Waals surface area contributed by atoms with Crippen LogP contribution in [0.5, 0.6) is 0 Å². The zero-order valence-corrected chi connectivity index (χ0v) is 11.2. The topological polar surface area (TPSA) is 125 Å². The van der Waals surface area contributed by atoms with Crippen molar-refractivity contribution in [1.82, 2.24) is 10.6 Å². The molecule has 0 heterocycles. The van der Waals surface area contributed by atoms with Gasteiger partial charge in [-0.1, -0.05) is 13.8 Å². The second-order valence-electron chi connectivity index (χ2n) is 4.71. The van der Waals surface area contributed by atoms with Gasteiger partial charge in [-0.15, -0.1) is 0 Å². The summed E-state index contributed by atoms with van der Waals surface area (Å²) in [6, 6.07) is -1.49. The van der Waals surface area contributed by atoms with E-state index in [9.17, 15) is 9.59 Å². The third kappa shape index (κ3) is 5.48. The molecule has 18 heavy (non-hydrogen) atoms. The standard InChI is InChI=1S/C10H22BN3O4/c1-5(2)8(11(17)18)14-10(16)7(4)13-9(15)6(3)12/h5-8,17-18H,12H2,1-4H3,(H,13,15)(H,14,16)/t6-,7-,8?/m0/s1. The van der Waals surface area contributed by atoms with Gasteiger partial charge in [-0.2, -0.15) is 0 Å². The largest absolute Gasteiger partial charge is 0.475 e. The summed E-state index contributed by atoms with van der Waals surface area (Å²) in [5.41, 5.74) is 5.36. The molecule has 6 N–H and O–H groups in total. The van der Waals surface area contributed by atoms with E-state index < -0.39 is 37.0 Å². The van der Waals surface area contributed by atoms with Crippen LogP contribution in [0.3, 0.4) is 0 Å². The summed E-state index contributed by atoms with van der Waals surface area (Å²) in [4.78, 5) is 23.0. The van der Waals surface area contributed by atoms with Gasteiger partial charge in [0.2, 0.25) is 11.8 Å². The third-order valence-electron chi connectivity index (χ3n) is 2.51. The lowest BCUT2D eigenvalue weighted by molar-refractivity contribution is -0.129. The molecule has 3 atom stereocenters. The fraction of sp³-hybridized carbons (Fsp3) is 0.800. The maximum absolute atomic E-state index is 11.7. The lowest BCUT2D eigenvalue weighted by Crippen LogP contribution is -2.56. The molecule has 0 aliphatic rings. The van der Waals surface area contributed by atoms with Crippen molar-refractivity contribution in [2.75, 3.05) is 0 Å². The maximum Gasteiger partial charge on any atom is 0.475 e. The zero-order chi connectivity index (χ0) is 14.5. The quantitative estimate of drug-likeness (QED) is 0.352. The number of hydrogen-bond acceptors (Lipinski definition) is 5. The predicted octanol–water partition coefficient (Wildman–Crippen LogP) is -2.01. The van der Waals surface area contributed by atoms with E-state index in [1.165, 1.54) is 13.8 Å². The van der Waals surface area contributed by atoms with Crippen molar-refractivity contribution in [3.8, 4) is 0 Å². The Labute approximate surface area is 107 Å². The van der Waals surface area contributed by atoms with Crippen molar-refractivity contribution >= 4 is 18.9 Å². The van der Waals surface area contributed by atoms with Crippen LogP contribution in [0.15, 0.2) is 0 Å². The molecule has 8 heteroatoms. The van der Waals surface area contributed by atoms with Crippen LogP contribution in [0.1, 0.15) is 27.7 Å². The summed E-state index contributed by atoms with van der Waals surface area (Å²) in [5.74, 6) is -1.86. The Balaban J connectivity index is 4.42. The molecule has 0 rings (SSSR count). The van der Waals surface area contributed by atoms with Crippen LogP contribution < -0.4 is 16.4 Å². The van der Waals surface area contributed by atoms with Crippen molar-refractivity contribution in [2.24, 2.45) is 11.7 Å². The van der Waals surface area contributed by atoms with Gasteiger partial charge in [-0.3, -0.25) is 9.59 Å². The van der Waals surface area contributed by atoms with Gasteiger partial charge in [0.1, 0.15) is 6.04 Å². The number of rotatable bonds is 6. The molecule has 1 unspecified atom stereocenters. The van der Waals surface area contributed by atoms with Gasteiger partial charge in [0.05, 0.1) is 12.0 Å². The van der Waals surface area contributed by atoms with Gasteiger partial charge in [-0.25, -0.2) is 0 Å². The van der Waals surface area contributed by atoms with Crippen LogP contribution in [0, 0.1) is 5.92 Å². The van der Waals surface area contributed by atoms with Gasteiger partial charge in [0.25, 0.3) is 0 Å². The van der Waals surface area contributed by atoms with E-state index in [-0.39, 0.29) is 5.92 Å². The molecular formula is C10H22BN3O4. The zero-order valence-electron chi connectivity index (χ0n) is 11.2. The monoisotopic (exact) mass is 259 g/mol. The fourth-order valence-corrected chi connectivity index (χ4v) is 1.29. The highest BCUT2D eigenvalue weighted by atomic mass is 16.4. The Morgan fingerprint density at radius 2 is 1.56 bits per heavy atom. The minimum Gasteiger partial charge on any atom is -0.426 e. The first-order valence-corrected chi connectivity index (χ1v) is 5.89. The van der Waals surface area contributed by atoms with Crippen LogP contribution in [0.25, 0.3) is 0 Å². The van der Waals surface area contributed by atoms with Crippen LogP contribution in [-0.2, 0) is 9.59 Å². The van der Waals surface area contributed by atoms with E-state index in [0.29, 0.717) is 0 Å². The first-order chi connectivity index (χ1) is 8.16. The Morgan fingerprint density at radius 3 is 1.89 bits per heavy atom. The molecular weight excluding hydrogens is 237 g/mol. The van der Waals surface area contributed by atoms with E-state index >= 15 is 0 Å². The highest BCUT2D eigenvalue weighted by Crippen LogP contribution is 2.03. The fourth-order valence-electron chi connectivity index (χ4n) is 1.29. The van der Waals surface area contributed by atoms with Crippen LogP contribution in [0.4, 0.5) is 0 Å². The second-order valence-corrected chi connectivity index (χ2v) is 4.71. The smallest absolute Gasteiger partial charge is 0.426 e. The Kier molecular flexibility index (Phi) is 6.89. The minimum atomic E-state index is -1.65. The van der Waals surface area contributed by atoms with E-state index in [0.717, 1.165) is 0 Å². The van der Waals surface area contributed by atoms with Gasteiger partial charge < -0.3 is 26.4 Å². The summed E-state index contributed by atoms with van der Waals surface area (Å²) in [5, 5.41) is 23.1. The number of nitrogens with two attached hydrogens (primary N) is 1. The molecule has 0 saturated heterocycles. The number of amides is 2. The Hall–Kier alpha value is -1.12. The van der Waals surface area contributed by atoms with Crippen molar-refractivity contribution in [1.29, 1.82) is 0 Å². The molecule has 2 amide bonds. The van der Waals surface area contributed by atoms with E-state index in [1.807, 2.05) is 0 Å². The maximum atomic E-state index is 11.7.